The van der Waals surface area contributed by atoms with Gasteiger partial charge in [0.25, 0.3) is 11.8 Å². The standard InChI is InChI=1S/C24H22N2O5/c27-22(21-4-3-15-30-21)25-20-11-9-19(10-12-20)24(29)31-16-17-5-7-18(8-6-17)23(28)26-13-1-2-14-26/h3-12,15H,1-2,13-14,16H2,(H,25,27). The number of ether oxygens (including phenoxy) is 1. The Morgan fingerprint density at radius 1 is 0.903 bits per heavy atom. The van der Waals surface area contributed by atoms with E-state index in [-0.39, 0.29) is 24.2 Å². The Morgan fingerprint density at radius 3 is 2.23 bits per heavy atom. The van der Waals surface area contributed by atoms with Crippen molar-refractivity contribution in [1.29, 1.82) is 0 Å². The van der Waals surface area contributed by atoms with Crippen LogP contribution >= 0.6 is 0 Å². The lowest BCUT2D eigenvalue weighted by molar-refractivity contribution is 0.0472. The molecule has 7 heteroatoms. The minimum Gasteiger partial charge on any atom is -0.459 e. The van der Waals surface area contributed by atoms with E-state index in [9.17, 15) is 14.4 Å². The molecule has 2 amide bonds. The van der Waals surface area contributed by atoms with Crippen molar-refractivity contribution in [3.63, 3.8) is 0 Å². The van der Waals surface area contributed by atoms with Crippen molar-refractivity contribution < 1.29 is 23.5 Å². The SMILES string of the molecule is O=C(OCc1ccc(C(=O)N2CCCC2)cc1)c1ccc(NC(=O)c2ccco2)cc1. The zero-order valence-corrected chi connectivity index (χ0v) is 16.9. The van der Waals surface area contributed by atoms with Gasteiger partial charge in [0, 0.05) is 24.3 Å². The summed E-state index contributed by atoms with van der Waals surface area (Å²) in [4.78, 5) is 38.5. The Morgan fingerprint density at radius 2 is 1.58 bits per heavy atom. The first kappa shape index (κ1) is 20.4. The van der Waals surface area contributed by atoms with Crippen molar-refractivity contribution in [2.75, 3.05) is 18.4 Å². The van der Waals surface area contributed by atoms with Gasteiger partial charge in [-0.15, -0.1) is 0 Å². The molecule has 0 aliphatic carbocycles. The van der Waals surface area contributed by atoms with E-state index in [0.29, 0.717) is 16.8 Å². The molecule has 158 valence electrons. The average Bonchev–Trinajstić information content (AvgIpc) is 3.52. The number of hydrogen-bond donors (Lipinski definition) is 1. The summed E-state index contributed by atoms with van der Waals surface area (Å²) in [6.07, 6.45) is 3.53. The van der Waals surface area contributed by atoms with Crippen LogP contribution in [0.15, 0.2) is 71.3 Å². The largest absolute Gasteiger partial charge is 0.459 e. The van der Waals surface area contributed by atoms with Crippen molar-refractivity contribution in [2.45, 2.75) is 19.4 Å². The molecule has 31 heavy (non-hydrogen) atoms. The first-order valence-electron chi connectivity index (χ1n) is 10.1. The zero-order chi connectivity index (χ0) is 21.6. The van der Waals surface area contributed by atoms with Gasteiger partial charge in [-0.05, 0) is 66.9 Å². The van der Waals surface area contributed by atoms with E-state index in [1.165, 1.54) is 6.26 Å². The van der Waals surface area contributed by atoms with E-state index in [1.54, 1.807) is 60.7 Å². The number of anilines is 1. The highest BCUT2D eigenvalue weighted by atomic mass is 16.5. The minimum atomic E-state index is -0.471. The number of hydrogen-bond acceptors (Lipinski definition) is 5. The molecule has 0 bridgehead atoms. The van der Waals surface area contributed by atoms with Gasteiger partial charge >= 0.3 is 5.97 Å². The van der Waals surface area contributed by atoms with Crippen molar-refractivity contribution in [1.82, 2.24) is 4.90 Å². The molecule has 1 N–H and O–H groups in total. The third-order valence-corrected chi connectivity index (χ3v) is 5.09. The van der Waals surface area contributed by atoms with Crippen LogP contribution in [0.25, 0.3) is 0 Å². The fourth-order valence-corrected chi connectivity index (χ4v) is 3.37. The quantitative estimate of drug-likeness (QED) is 0.608. The molecule has 1 aliphatic heterocycles. The fourth-order valence-electron chi connectivity index (χ4n) is 3.37. The summed E-state index contributed by atoms with van der Waals surface area (Å²) in [5.74, 6) is -0.593. The van der Waals surface area contributed by atoms with Crippen LogP contribution in [0, 0.1) is 0 Å². The predicted molar refractivity (Wildman–Crippen MR) is 114 cm³/mol. The van der Waals surface area contributed by atoms with Crippen LogP contribution in [-0.2, 0) is 11.3 Å². The van der Waals surface area contributed by atoms with Gasteiger partial charge in [0.15, 0.2) is 5.76 Å². The summed E-state index contributed by atoms with van der Waals surface area (Å²) < 4.78 is 10.4. The maximum atomic E-state index is 12.4. The van der Waals surface area contributed by atoms with E-state index >= 15 is 0 Å². The molecule has 0 spiro atoms. The Kier molecular flexibility index (Phi) is 6.12. The molecule has 4 rings (SSSR count). The van der Waals surface area contributed by atoms with Crippen LogP contribution in [0.4, 0.5) is 5.69 Å². The first-order valence-corrected chi connectivity index (χ1v) is 10.1. The number of furan rings is 1. The van der Waals surface area contributed by atoms with Crippen molar-refractivity contribution in [2.24, 2.45) is 0 Å². The van der Waals surface area contributed by atoms with Gasteiger partial charge in [0.2, 0.25) is 0 Å². The van der Waals surface area contributed by atoms with Gasteiger partial charge < -0.3 is 19.4 Å². The van der Waals surface area contributed by atoms with E-state index < -0.39 is 5.97 Å². The number of amides is 2. The number of nitrogens with zero attached hydrogens (tertiary/aromatic N) is 1. The van der Waals surface area contributed by atoms with Crippen LogP contribution in [-0.4, -0.2) is 35.8 Å². The van der Waals surface area contributed by atoms with E-state index in [1.807, 2.05) is 4.90 Å². The summed E-state index contributed by atoms with van der Waals surface area (Å²) in [5.41, 5.74) is 2.35. The Balaban J connectivity index is 1.29. The number of benzene rings is 2. The first-order chi connectivity index (χ1) is 15.1. The highest BCUT2D eigenvalue weighted by molar-refractivity contribution is 6.02. The number of rotatable bonds is 6. The molecule has 1 aromatic heterocycles. The van der Waals surface area contributed by atoms with Crippen LogP contribution in [0.3, 0.4) is 0 Å². The fraction of sp³-hybridized carbons (Fsp3) is 0.208. The molecule has 1 aliphatic rings. The summed E-state index contributed by atoms with van der Waals surface area (Å²) in [6, 6.07) is 16.7. The topological polar surface area (TPSA) is 88.9 Å². The average molecular weight is 418 g/mol. The Hall–Kier alpha value is -3.87. The molecular formula is C24H22N2O5. The van der Waals surface area contributed by atoms with E-state index in [2.05, 4.69) is 5.32 Å². The molecule has 1 fully saturated rings. The minimum absolute atomic E-state index is 0.0419. The normalized spacial score (nSPS) is 13.1. The van der Waals surface area contributed by atoms with E-state index in [0.717, 1.165) is 31.5 Å². The lowest BCUT2D eigenvalue weighted by Crippen LogP contribution is -2.27. The second kappa shape index (κ2) is 9.30. The van der Waals surface area contributed by atoms with Gasteiger partial charge in [0.05, 0.1) is 11.8 Å². The van der Waals surface area contributed by atoms with Gasteiger partial charge in [0.1, 0.15) is 6.61 Å². The zero-order valence-electron chi connectivity index (χ0n) is 16.9. The van der Waals surface area contributed by atoms with Crippen LogP contribution in [0.1, 0.15) is 49.7 Å². The Labute approximate surface area is 179 Å². The monoisotopic (exact) mass is 418 g/mol. The van der Waals surface area contributed by atoms with Crippen LogP contribution < -0.4 is 5.32 Å². The molecule has 2 aromatic carbocycles. The second-order valence-corrected chi connectivity index (χ2v) is 7.28. The maximum Gasteiger partial charge on any atom is 0.338 e. The molecule has 0 radical (unpaired) electrons. The number of esters is 1. The molecule has 7 nitrogen and oxygen atoms in total. The lowest BCUT2D eigenvalue weighted by atomic mass is 10.1. The number of carbonyl (C=O) groups is 3. The second-order valence-electron chi connectivity index (χ2n) is 7.28. The Bertz CT molecular complexity index is 1050. The molecular weight excluding hydrogens is 396 g/mol. The summed E-state index contributed by atoms with van der Waals surface area (Å²) in [5, 5.41) is 2.69. The van der Waals surface area contributed by atoms with Crippen LogP contribution in [0.5, 0.6) is 0 Å². The molecule has 2 heterocycles. The molecule has 0 saturated carbocycles. The summed E-state index contributed by atoms with van der Waals surface area (Å²) >= 11 is 0. The number of likely N-dealkylation sites (tertiary alicyclic amines) is 1. The van der Waals surface area contributed by atoms with Crippen molar-refractivity contribution >= 4 is 23.5 Å². The van der Waals surface area contributed by atoms with Crippen molar-refractivity contribution in [3.8, 4) is 0 Å². The van der Waals surface area contributed by atoms with Gasteiger partial charge in [-0.1, -0.05) is 12.1 Å². The molecule has 0 atom stereocenters. The maximum absolute atomic E-state index is 12.4. The van der Waals surface area contributed by atoms with Gasteiger partial charge in [-0.25, -0.2) is 4.79 Å². The highest BCUT2D eigenvalue weighted by Crippen LogP contribution is 2.16. The molecule has 1 saturated heterocycles. The van der Waals surface area contributed by atoms with Crippen molar-refractivity contribution in [3.05, 3.63) is 89.4 Å². The summed E-state index contributed by atoms with van der Waals surface area (Å²) in [7, 11) is 0. The van der Waals surface area contributed by atoms with E-state index in [4.69, 9.17) is 9.15 Å². The summed E-state index contributed by atoms with van der Waals surface area (Å²) in [6.45, 7) is 1.72. The third-order valence-electron chi connectivity index (χ3n) is 5.09. The third kappa shape index (κ3) is 5.01. The molecule has 3 aromatic rings. The van der Waals surface area contributed by atoms with Crippen LogP contribution in [0.2, 0.25) is 0 Å². The smallest absolute Gasteiger partial charge is 0.338 e. The number of carbonyl (C=O) groups excluding carboxylic acids is 3. The highest BCUT2D eigenvalue weighted by Gasteiger charge is 2.19. The number of nitrogens with one attached hydrogen (secondary N) is 1. The predicted octanol–water partition coefficient (Wildman–Crippen LogP) is 4.12. The molecule has 0 unspecified atom stereocenters. The lowest BCUT2D eigenvalue weighted by Gasteiger charge is -2.15. The van der Waals surface area contributed by atoms with Gasteiger partial charge in [-0.2, -0.15) is 0 Å². The van der Waals surface area contributed by atoms with Gasteiger partial charge in [-0.3, -0.25) is 9.59 Å².